The van der Waals surface area contributed by atoms with E-state index in [-0.39, 0.29) is 0 Å². The first-order valence-electron chi connectivity index (χ1n) is 8.41. The van der Waals surface area contributed by atoms with Gasteiger partial charge in [-0.3, -0.25) is 4.90 Å². The van der Waals surface area contributed by atoms with Crippen LogP contribution in [-0.2, 0) is 6.54 Å². The van der Waals surface area contributed by atoms with E-state index in [1.165, 1.54) is 5.56 Å². The molecule has 4 rings (SSSR count). The molecule has 0 bridgehead atoms. The van der Waals surface area contributed by atoms with Gasteiger partial charge in [0.25, 0.3) is 5.78 Å². The second-order valence-corrected chi connectivity index (χ2v) is 6.39. The quantitative estimate of drug-likeness (QED) is 0.786. The monoisotopic (exact) mass is 337 g/mol. The summed E-state index contributed by atoms with van der Waals surface area (Å²) in [5, 5.41) is 13.5. The normalized spacial score (nSPS) is 18.5. The summed E-state index contributed by atoms with van der Waals surface area (Å²) in [6.07, 6.45) is 5.79. The molecule has 0 saturated carbocycles. The fourth-order valence-electron chi connectivity index (χ4n) is 3.41. The van der Waals surface area contributed by atoms with Crippen molar-refractivity contribution < 1.29 is 9.90 Å². The standard InChI is InChI=1S/C18H19N5O2/c24-17(25)14-6-4-13(5-7-14)15-3-1-9-22(11-15)12-16-20-18-19-8-2-10-23(18)21-16/h2,4-8,10,15H,1,3,9,11-12H2,(H,24,25)/t15-/m1/s1. The molecule has 1 aliphatic rings. The van der Waals surface area contributed by atoms with Crippen LogP contribution in [0.3, 0.4) is 0 Å². The number of fused-ring (bicyclic) bond motifs is 1. The van der Waals surface area contributed by atoms with E-state index in [0.717, 1.165) is 31.8 Å². The fourth-order valence-corrected chi connectivity index (χ4v) is 3.41. The first-order valence-corrected chi connectivity index (χ1v) is 8.41. The van der Waals surface area contributed by atoms with Crippen LogP contribution in [0.4, 0.5) is 0 Å². The van der Waals surface area contributed by atoms with E-state index in [4.69, 9.17) is 5.11 Å². The van der Waals surface area contributed by atoms with Crippen LogP contribution >= 0.6 is 0 Å². The van der Waals surface area contributed by atoms with Gasteiger partial charge in [-0.2, -0.15) is 4.98 Å². The fraction of sp³-hybridized carbons (Fsp3) is 0.333. The molecule has 1 atom stereocenters. The van der Waals surface area contributed by atoms with Crippen molar-refractivity contribution in [3.63, 3.8) is 0 Å². The molecule has 3 heterocycles. The van der Waals surface area contributed by atoms with Crippen molar-refractivity contribution >= 4 is 11.7 Å². The third kappa shape index (κ3) is 3.36. The van der Waals surface area contributed by atoms with E-state index in [2.05, 4.69) is 20.0 Å². The third-order valence-corrected chi connectivity index (χ3v) is 4.66. The Balaban J connectivity index is 1.46. The number of hydrogen-bond donors (Lipinski definition) is 1. The molecule has 7 nitrogen and oxygen atoms in total. The number of likely N-dealkylation sites (tertiary alicyclic amines) is 1. The highest BCUT2D eigenvalue weighted by Gasteiger charge is 2.22. The molecule has 7 heteroatoms. The van der Waals surface area contributed by atoms with Crippen LogP contribution in [0.15, 0.2) is 42.7 Å². The molecule has 0 unspecified atom stereocenters. The lowest BCUT2D eigenvalue weighted by atomic mass is 9.90. The first-order chi connectivity index (χ1) is 12.2. The summed E-state index contributed by atoms with van der Waals surface area (Å²) < 4.78 is 1.70. The van der Waals surface area contributed by atoms with Crippen molar-refractivity contribution in [3.05, 3.63) is 59.7 Å². The van der Waals surface area contributed by atoms with Crippen molar-refractivity contribution in [2.75, 3.05) is 13.1 Å². The maximum Gasteiger partial charge on any atom is 0.335 e. The van der Waals surface area contributed by atoms with E-state index in [1.54, 1.807) is 22.8 Å². The van der Waals surface area contributed by atoms with Gasteiger partial charge in [-0.25, -0.2) is 14.3 Å². The molecule has 1 fully saturated rings. The number of carboxylic acid groups (broad SMARTS) is 1. The number of nitrogens with zero attached hydrogens (tertiary/aromatic N) is 5. The highest BCUT2D eigenvalue weighted by molar-refractivity contribution is 5.87. The topological polar surface area (TPSA) is 83.6 Å². The summed E-state index contributed by atoms with van der Waals surface area (Å²) in [6, 6.07) is 9.08. The minimum atomic E-state index is -0.886. The Morgan fingerprint density at radius 2 is 2.12 bits per heavy atom. The van der Waals surface area contributed by atoms with Gasteiger partial charge in [-0.05, 0) is 49.1 Å². The molecule has 1 aromatic carbocycles. The van der Waals surface area contributed by atoms with Gasteiger partial charge in [-0.1, -0.05) is 12.1 Å². The zero-order chi connectivity index (χ0) is 17.2. The summed E-state index contributed by atoms with van der Waals surface area (Å²) in [6.45, 7) is 2.65. The van der Waals surface area contributed by atoms with Gasteiger partial charge in [0.2, 0.25) is 0 Å². The molecule has 128 valence electrons. The van der Waals surface area contributed by atoms with Crippen molar-refractivity contribution in [2.24, 2.45) is 0 Å². The second kappa shape index (κ2) is 6.60. The lowest BCUT2D eigenvalue weighted by Crippen LogP contribution is -2.34. The van der Waals surface area contributed by atoms with Gasteiger partial charge in [0.1, 0.15) is 0 Å². The number of aromatic carboxylic acids is 1. The lowest BCUT2D eigenvalue weighted by Gasteiger charge is -2.32. The molecule has 25 heavy (non-hydrogen) atoms. The van der Waals surface area contributed by atoms with E-state index >= 15 is 0 Å². The molecule has 0 aliphatic carbocycles. The maximum atomic E-state index is 11.0. The number of benzene rings is 1. The van der Waals surface area contributed by atoms with Gasteiger partial charge in [0.05, 0.1) is 12.1 Å². The predicted octanol–water partition coefficient (Wildman–Crippen LogP) is 2.20. The number of carboxylic acids is 1. The summed E-state index contributed by atoms with van der Waals surface area (Å²) in [4.78, 5) is 22.0. The molecule has 0 radical (unpaired) electrons. The molecule has 1 N–H and O–H groups in total. The first kappa shape index (κ1) is 15.7. The summed E-state index contributed by atoms with van der Waals surface area (Å²) >= 11 is 0. The second-order valence-electron chi connectivity index (χ2n) is 6.39. The molecule has 0 amide bonds. The Morgan fingerprint density at radius 3 is 2.88 bits per heavy atom. The van der Waals surface area contributed by atoms with Gasteiger partial charge in [-0.15, -0.1) is 5.10 Å². The largest absolute Gasteiger partial charge is 0.478 e. The Labute approximate surface area is 144 Å². The zero-order valence-electron chi connectivity index (χ0n) is 13.7. The molecule has 1 aliphatic heterocycles. The van der Waals surface area contributed by atoms with E-state index in [0.29, 0.717) is 23.8 Å². The Hall–Kier alpha value is -2.80. The number of aromatic nitrogens is 4. The maximum absolute atomic E-state index is 11.0. The average molecular weight is 337 g/mol. The number of carbonyl (C=O) groups is 1. The average Bonchev–Trinajstić information content (AvgIpc) is 3.04. The molecule has 2 aromatic heterocycles. The van der Waals surface area contributed by atoms with Crippen molar-refractivity contribution in [1.82, 2.24) is 24.5 Å². The number of piperidine rings is 1. The van der Waals surface area contributed by atoms with Crippen LogP contribution < -0.4 is 0 Å². The van der Waals surface area contributed by atoms with Crippen LogP contribution in [-0.4, -0.2) is 48.6 Å². The van der Waals surface area contributed by atoms with E-state index in [9.17, 15) is 4.79 Å². The van der Waals surface area contributed by atoms with Crippen molar-refractivity contribution in [1.29, 1.82) is 0 Å². The zero-order valence-corrected chi connectivity index (χ0v) is 13.7. The number of rotatable bonds is 4. The van der Waals surface area contributed by atoms with Crippen LogP contribution in [0.2, 0.25) is 0 Å². The van der Waals surface area contributed by atoms with Crippen LogP contribution in [0.25, 0.3) is 5.78 Å². The van der Waals surface area contributed by atoms with Crippen molar-refractivity contribution in [3.8, 4) is 0 Å². The SMILES string of the molecule is O=C(O)c1ccc([C@@H]2CCCN(Cc3nc4ncccn4n3)C2)cc1. The van der Waals surface area contributed by atoms with Crippen molar-refractivity contribution in [2.45, 2.75) is 25.3 Å². The minimum Gasteiger partial charge on any atom is -0.478 e. The Bertz CT molecular complexity index is 857. The molecular formula is C18H19N5O2. The predicted molar refractivity (Wildman–Crippen MR) is 91.4 cm³/mol. The molecular weight excluding hydrogens is 318 g/mol. The Kier molecular flexibility index (Phi) is 4.15. The number of hydrogen-bond acceptors (Lipinski definition) is 5. The van der Waals surface area contributed by atoms with E-state index in [1.807, 2.05) is 24.4 Å². The van der Waals surface area contributed by atoms with Gasteiger partial charge >= 0.3 is 5.97 Å². The van der Waals surface area contributed by atoms with Crippen LogP contribution in [0, 0.1) is 0 Å². The van der Waals surface area contributed by atoms with Gasteiger partial charge in [0.15, 0.2) is 5.82 Å². The molecule has 0 spiro atoms. The van der Waals surface area contributed by atoms with Gasteiger partial charge in [0, 0.05) is 18.9 Å². The van der Waals surface area contributed by atoms with E-state index < -0.39 is 5.97 Å². The Morgan fingerprint density at radius 1 is 1.28 bits per heavy atom. The molecule has 3 aromatic rings. The molecule has 1 saturated heterocycles. The summed E-state index contributed by atoms with van der Waals surface area (Å²) in [5.41, 5.74) is 1.53. The summed E-state index contributed by atoms with van der Waals surface area (Å²) in [7, 11) is 0. The minimum absolute atomic E-state index is 0.331. The van der Waals surface area contributed by atoms with Crippen LogP contribution in [0.5, 0.6) is 0 Å². The van der Waals surface area contributed by atoms with Crippen LogP contribution in [0.1, 0.15) is 40.5 Å². The van der Waals surface area contributed by atoms with Gasteiger partial charge < -0.3 is 5.11 Å². The smallest absolute Gasteiger partial charge is 0.335 e. The highest BCUT2D eigenvalue weighted by Crippen LogP contribution is 2.27. The third-order valence-electron chi connectivity index (χ3n) is 4.66. The highest BCUT2D eigenvalue weighted by atomic mass is 16.4. The summed E-state index contributed by atoms with van der Waals surface area (Å²) in [5.74, 6) is 0.922. The lowest BCUT2D eigenvalue weighted by molar-refractivity contribution is 0.0697.